The Balaban J connectivity index is 1.31. The number of nitrogens with one attached hydrogen (secondary N) is 1. The van der Waals surface area contributed by atoms with E-state index in [0.717, 1.165) is 16.8 Å². The Bertz CT molecular complexity index is 1550. The number of amides is 1. The number of rotatable bonds is 7. The first-order valence-electron chi connectivity index (χ1n) is 11.6. The number of aromatic amines is 1. The van der Waals surface area contributed by atoms with Crippen molar-refractivity contribution in [2.75, 3.05) is 26.3 Å². The first kappa shape index (κ1) is 25.2. The average molecular weight is 541 g/mol. The van der Waals surface area contributed by atoms with Crippen LogP contribution in [0, 0.1) is 6.92 Å². The highest BCUT2D eigenvalue weighted by Crippen LogP contribution is 2.32. The first-order valence-corrected chi connectivity index (χ1v) is 13.4. The molecule has 4 aromatic rings. The number of hydrogen-bond donors (Lipinski definition) is 2. The molecule has 0 unspecified atom stereocenters. The highest BCUT2D eigenvalue weighted by molar-refractivity contribution is 7.89. The number of sulfonamides is 1. The minimum atomic E-state index is -4.09. The number of fused-ring (bicyclic) bond motifs is 1. The van der Waals surface area contributed by atoms with Gasteiger partial charge in [0, 0.05) is 46.5 Å². The topological polar surface area (TPSA) is 128 Å². The van der Waals surface area contributed by atoms with Crippen LogP contribution in [0.25, 0.3) is 22.0 Å². The van der Waals surface area contributed by atoms with E-state index >= 15 is 0 Å². The number of pyridine rings is 1. The van der Waals surface area contributed by atoms with Crippen molar-refractivity contribution in [3.63, 3.8) is 0 Å². The van der Waals surface area contributed by atoms with E-state index in [1.807, 2.05) is 49.5 Å². The number of nitrogens with zero attached hydrogens (tertiary/aromatic N) is 2. The summed E-state index contributed by atoms with van der Waals surface area (Å²) in [6.07, 6.45) is 1.32. The van der Waals surface area contributed by atoms with Crippen molar-refractivity contribution in [2.24, 2.45) is 5.73 Å². The number of H-pyrrole nitrogens is 1. The molecule has 0 spiro atoms. The van der Waals surface area contributed by atoms with Crippen molar-refractivity contribution >= 4 is 38.4 Å². The van der Waals surface area contributed by atoms with E-state index < -0.39 is 22.0 Å². The van der Waals surface area contributed by atoms with Crippen molar-refractivity contribution in [1.82, 2.24) is 14.3 Å². The van der Waals surface area contributed by atoms with Crippen LogP contribution in [0.4, 0.5) is 0 Å². The predicted molar refractivity (Wildman–Crippen MR) is 140 cm³/mol. The zero-order chi connectivity index (χ0) is 26.2. The van der Waals surface area contributed by atoms with Gasteiger partial charge in [-0.3, -0.25) is 9.78 Å². The maximum Gasteiger partial charge on any atom is 0.266 e. The molecule has 1 atom stereocenters. The SMILES string of the molecule is Cc1ccc(-c2ccc(OC[C@@H]3CN(S(=O)(=O)c4c(C(N)=O)[nH]c5ccc(Cl)cc45)CCO3)cc2)cn1. The van der Waals surface area contributed by atoms with Crippen molar-refractivity contribution in [3.8, 4) is 16.9 Å². The maximum absolute atomic E-state index is 13.7. The van der Waals surface area contributed by atoms with Gasteiger partial charge < -0.3 is 20.2 Å². The Labute approximate surface area is 219 Å². The fourth-order valence-electron chi connectivity index (χ4n) is 4.29. The number of hydrogen-bond acceptors (Lipinski definition) is 6. The third kappa shape index (κ3) is 5.19. The van der Waals surface area contributed by atoms with Gasteiger partial charge in [0.1, 0.15) is 29.0 Å². The Morgan fingerprint density at radius 1 is 1.19 bits per heavy atom. The predicted octanol–water partition coefficient (Wildman–Crippen LogP) is 3.76. The summed E-state index contributed by atoms with van der Waals surface area (Å²) in [5.74, 6) is -0.237. The third-order valence-electron chi connectivity index (χ3n) is 6.19. The van der Waals surface area contributed by atoms with E-state index in [4.69, 9.17) is 26.8 Å². The van der Waals surface area contributed by atoms with Gasteiger partial charge in [0.05, 0.1) is 6.61 Å². The number of benzene rings is 2. The smallest absolute Gasteiger partial charge is 0.266 e. The van der Waals surface area contributed by atoms with E-state index in [2.05, 4.69) is 9.97 Å². The molecule has 37 heavy (non-hydrogen) atoms. The van der Waals surface area contributed by atoms with Crippen molar-refractivity contribution in [1.29, 1.82) is 0 Å². The van der Waals surface area contributed by atoms with Gasteiger partial charge in [-0.1, -0.05) is 29.8 Å². The van der Waals surface area contributed by atoms with E-state index in [-0.39, 0.29) is 36.9 Å². The maximum atomic E-state index is 13.7. The van der Waals surface area contributed by atoms with E-state index in [1.165, 1.54) is 10.4 Å². The summed E-state index contributed by atoms with van der Waals surface area (Å²) >= 11 is 6.11. The van der Waals surface area contributed by atoms with Gasteiger partial charge in [0.25, 0.3) is 5.91 Å². The van der Waals surface area contributed by atoms with Crippen LogP contribution in [-0.2, 0) is 14.8 Å². The monoisotopic (exact) mass is 540 g/mol. The second kappa shape index (κ2) is 10.1. The number of halogens is 1. The van der Waals surface area contributed by atoms with E-state index in [9.17, 15) is 13.2 Å². The molecule has 1 aliphatic rings. The summed E-state index contributed by atoms with van der Waals surface area (Å²) < 4.78 is 40.3. The molecule has 1 fully saturated rings. The van der Waals surface area contributed by atoms with Gasteiger partial charge in [0.2, 0.25) is 10.0 Å². The van der Waals surface area contributed by atoms with Crippen LogP contribution in [0.3, 0.4) is 0 Å². The zero-order valence-electron chi connectivity index (χ0n) is 20.0. The molecule has 1 saturated heterocycles. The molecule has 9 nitrogen and oxygen atoms in total. The molecular weight excluding hydrogens is 516 g/mol. The lowest BCUT2D eigenvalue weighted by molar-refractivity contribution is -0.0249. The molecular formula is C26H25ClN4O5S. The van der Waals surface area contributed by atoms with Gasteiger partial charge in [-0.25, -0.2) is 8.42 Å². The number of morpholine rings is 1. The number of aromatic nitrogens is 2. The van der Waals surface area contributed by atoms with Crippen LogP contribution >= 0.6 is 11.6 Å². The number of primary amides is 1. The minimum Gasteiger partial charge on any atom is -0.491 e. The molecule has 11 heteroatoms. The van der Waals surface area contributed by atoms with Crippen LogP contribution in [-0.4, -0.2) is 61.0 Å². The van der Waals surface area contributed by atoms with Gasteiger partial charge in [-0.2, -0.15) is 4.31 Å². The molecule has 3 heterocycles. The lowest BCUT2D eigenvalue weighted by Crippen LogP contribution is -2.47. The fraction of sp³-hybridized carbons (Fsp3) is 0.231. The number of nitrogens with two attached hydrogens (primary N) is 1. The van der Waals surface area contributed by atoms with Crippen molar-refractivity contribution < 1.29 is 22.7 Å². The summed E-state index contributed by atoms with van der Waals surface area (Å²) in [4.78, 5) is 19.0. The van der Waals surface area contributed by atoms with Crippen LogP contribution in [0.15, 0.2) is 65.7 Å². The third-order valence-corrected chi connectivity index (χ3v) is 8.38. The van der Waals surface area contributed by atoms with Crippen LogP contribution in [0.2, 0.25) is 5.02 Å². The van der Waals surface area contributed by atoms with Crippen molar-refractivity contribution in [2.45, 2.75) is 17.9 Å². The molecule has 0 saturated carbocycles. The molecule has 0 radical (unpaired) electrons. The Morgan fingerprint density at radius 2 is 1.95 bits per heavy atom. The Hall–Kier alpha value is -3.44. The lowest BCUT2D eigenvalue weighted by atomic mass is 10.1. The lowest BCUT2D eigenvalue weighted by Gasteiger charge is -2.32. The number of aryl methyl sites for hydroxylation is 1. The number of ether oxygens (including phenoxy) is 2. The van der Waals surface area contributed by atoms with E-state index in [0.29, 0.717) is 21.7 Å². The quantitative estimate of drug-likeness (QED) is 0.367. The molecule has 2 aromatic carbocycles. The van der Waals surface area contributed by atoms with Crippen LogP contribution in [0.5, 0.6) is 5.75 Å². The molecule has 3 N–H and O–H groups in total. The summed E-state index contributed by atoms with van der Waals surface area (Å²) in [6, 6.07) is 16.3. The highest BCUT2D eigenvalue weighted by Gasteiger charge is 2.36. The Kier molecular flexibility index (Phi) is 6.91. The minimum absolute atomic E-state index is 0.0564. The summed E-state index contributed by atoms with van der Waals surface area (Å²) in [6.45, 7) is 2.46. The summed E-state index contributed by atoms with van der Waals surface area (Å²) in [5, 5.41) is 0.654. The molecule has 1 aliphatic heterocycles. The molecule has 5 rings (SSSR count). The van der Waals surface area contributed by atoms with Crippen LogP contribution < -0.4 is 10.5 Å². The van der Waals surface area contributed by atoms with Gasteiger partial charge in [-0.15, -0.1) is 0 Å². The average Bonchev–Trinajstić information content (AvgIpc) is 3.28. The Morgan fingerprint density at radius 3 is 2.65 bits per heavy atom. The second-order valence-corrected chi connectivity index (χ2v) is 11.1. The van der Waals surface area contributed by atoms with Crippen molar-refractivity contribution in [3.05, 3.63) is 77.2 Å². The van der Waals surface area contributed by atoms with Gasteiger partial charge >= 0.3 is 0 Å². The molecule has 1 amide bonds. The zero-order valence-corrected chi connectivity index (χ0v) is 21.6. The summed E-state index contributed by atoms with van der Waals surface area (Å²) in [5.41, 5.74) is 8.74. The molecule has 0 bridgehead atoms. The largest absolute Gasteiger partial charge is 0.491 e. The second-order valence-electron chi connectivity index (χ2n) is 8.76. The van der Waals surface area contributed by atoms with Gasteiger partial charge in [-0.05, 0) is 48.9 Å². The van der Waals surface area contributed by atoms with Gasteiger partial charge in [0.15, 0.2) is 0 Å². The number of carbonyl (C=O) groups excluding carboxylic acids is 1. The first-order chi connectivity index (χ1) is 17.7. The van der Waals surface area contributed by atoms with E-state index in [1.54, 1.807) is 12.1 Å². The molecule has 192 valence electrons. The fourth-order valence-corrected chi connectivity index (χ4v) is 6.26. The normalized spacial score (nSPS) is 16.6. The summed E-state index contributed by atoms with van der Waals surface area (Å²) in [7, 11) is -4.09. The standard InChI is InChI=1S/C26H25ClN4O5S/c1-16-2-3-18(13-29-16)17-4-7-20(8-5-17)36-15-21-14-31(10-11-35-21)37(33,34)25-22-12-19(27)6-9-23(22)30-24(25)26(28)32/h2-9,12-13,21,30H,10-11,14-15H2,1H3,(H2,28,32)/t21-/m0/s1. The van der Waals surface area contributed by atoms with Crippen LogP contribution in [0.1, 0.15) is 16.2 Å². The molecule has 0 aliphatic carbocycles. The molecule has 2 aromatic heterocycles. The highest BCUT2D eigenvalue weighted by atomic mass is 35.5. The number of carbonyl (C=O) groups is 1.